The first-order valence-electron chi connectivity index (χ1n) is 5.37. The molecule has 6 heteroatoms. The molecule has 0 saturated heterocycles. The van der Waals surface area contributed by atoms with Crippen LogP contribution in [0.5, 0.6) is 0 Å². The largest absolute Gasteiger partial charge is 0.339 e. The predicted octanol–water partition coefficient (Wildman–Crippen LogP) is 2.64. The number of nitriles is 1. The van der Waals surface area contributed by atoms with E-state index in [1.165, 1.54) is 0 Å². The second-order valence-electron chi connectivity index (χ2n) is 4.19. The molecule has 1 fully saturated rings. The Labute approximate surface area is 101 Å². The van der Waals surface area contributed by atoms with Gasteiger partial charge >= 0.3 is 0 Å². The van der Waals surface area contributed by atoms with Gasteiger partial charge in [-0.25, -0.2) is 8.78 Å². The van der Waals surface area contributed by atoms with Gasteiger partial charge in [0, 0.05) is 11.6 Å². The standard InChI is InChI=1S/C12H7F2N3O/c13-8-1-6(2-9(14)4-8)11-16-12(18-17-11)10-3-7(10)5-15/h1-2,4,7,10H,3H2. The quantitative estimate of drug-likeness (QED) is 0.818. The highest BCUT2D eigenvalue weighted by Gasteiger charge is 2.43. The average molecular weight is 247 g/mol. The molecule has 1 aromatic carbocycles. The van der Waals surface area contributed by atoms with Crippen molar-refractivity contribution in [3.8, 4) is 17.5 Å². The van der Waals surface area contributed by atoms with Crippen molar-refractivity contribution in [1.82, 2.24) is 10.1 Å². The molecule has 1 saturated carbocycles. The Kier molecular flexibility index (Phi) is 2.33. The van der Waals surface area contributed by atoms with Crippen LogP contribution < -0.4 is 0 Å². The van der Waals surface area contributed by atoms with Crippen LogP contribution in [0.25, 0.3) is 11.4 Å². The molecule has 3 rings (SSSR count). The summed E-state index contributed by atoms with van der Waals surface area (Å²) in [5.41, 5.74) is 0.219. The van der Waals surface area contributed by atoms with E-state index in [1.807, 2.05) is 0 Å². The normalized spacial score (nSPS) is 21.6. The highest BCUT2D eigenvalue weighted by molar-refractivity contribution is 5.54. The predicted molar refractivity (Wildman–Crippen MR) is 56.1 cm³/mol. The minimum absolute atomic E-state index is 0.0466. The third-order valence-electron chi connectivity index (χ3n) is 2.84. The monoisotopic (exact) mass is 247 g/mol. The van der Waals surface area contributed by atoms with Crippen LogP contribution in [0.3, 0.4) is 0 Å². The Morgan fingerprint density at radius 3 is 2.61 bits per heavy atom. The first kappa shape index (κ1) is 10.8. The van der Waals surface area contributed by atoms with E-state index in [0.29, 0.717) is 12.3 Å². The smallest absolute Gasteiger partial charge is 0.231 e. The number of aromatic nitrogens is 2. The Morgan fingerprint density at radius 2 is 2.00 bits per heavy atom. The molecule has 0 bridgehead atoms. The number of hydrogen-bond acceptors (Lipinski definition) is 4. The molecule has 4 nitrogen and oxygen atoms in total. The molecule has 0 spiro atoms. The molecular weight excluding hydrogens is 240 g/mol. The van der Waals surface area contributed by atoms with Gasteiger partial charge < -0.3 is 4.52 Å². The second kappa shape index (κ2) is 3.88. The molecule has 2 atom stereocenters. The van der Waals surface area contributed by atoms with Crippen molar-refractivity contribution in [1.29, 1.82) is 5.26 Å². The summed E-state index contributed by atoms with van der Waals surface area (Å²) >= 11 is 0. The summed E-state index contributed by atoms with van der Waals surface area (Å²) in [4.78, 5) is 4.06. The summed E-state index contributed by atoms with van der Waals surface area (Å²) < 4.78 is 31.1. The highest BCUT2D eigenvalue weighted by atomic mass is 19.1. The van der Waals surface area contributed by atoms with Crippen LogP contribution in [-0.2, 0) is 0 Å². The Balaban J connectivity index is 1.91. The molecule has 2 aromatic rings. The lowest BCUT2D eigenvalue weighted by Gasteiger charge is -1.95. The van der Waals surface area contributed by atoms with Crippen LogP contribution in [-0.4, -0.2) is 10.1 Å². The maximum atomic E-state index is 13.0. The van der Waals surface area contributed by atoms with Gasteiger partial charge in [-0.15, -0.1) is 0 Å². The third-order valence-corrected chi connectivity index (χ3v) is 2.84. The van der Waals surface area contributed by atoms with E-state index in [4.69, 9.17) is 9.78 Å². The fourth-order valence-corrected chi connectivity index (χ4v) is 1.80. The molecule has 18 heavy (non-hydrogen) atoms. The average Bonchev–Trinajstić information content (AvgIpc) is 2.95. The van der Waals surface area contributed by atoms with Gasteiger partial charge in [-0.05, 0) is 18.6 Å². The maximum absolute atomic E-state index is 13.0. The Hall–Kier alpha value is -2.29. The lowest BCUT2D eigenvalue weighted by atomic mass is 10.2. The molecule has 1 aliphatic carbocycles. The van der Waals surface area contributed by atoms with Gasteiger partial charge in [0.1, 0.15) is 11.6 Å². The molecule has 0 aliphatic heterocycles. The number of hydrogen-bond donors (Lipinski definition) is 0. The first-order chi connectivity index (χ1) is 8.67. The summed E-state index contributed by atoms with van der Waals surface area (Å²) in [6.07, 6.45) is 0.690. The summed E-state index contributed by atoms with van der Waals surface area (Å²) in [5.74, 6) is -1.05. The van der Waals surface area contributed by atoms with Crippen molar-refractivity contribution >= 4 is 0 Å². The zero-order valence-corrected chi connectivity index (χ0v) is 9.10. The molecule has 90 valence electrons. The van der Waals surface area contributed by atoms with Gasteiger partial charge in [0.25, 0.3) is 0 Å². The van der Waals surface area contributed by atoms with E-state index >= 15 is 0 Å². The van der Waals surface area contributed by atoms with E-state index in [1.54, 1.807) is 0 Å². The summed E-state index contributed by atoms with van der Waals surface area (Å²) in [6, 6.07) is 5.14. The van der Waals surface area contributed by atoms with Crippen molar-refractivity contribution in [3.63, 3.8) is 0 Å². The first-order valence-corrected chi connectivity index (χ1v) is 5.37. The number of nitrogens with zero attached hydrogens (tertiary/aromatic N) is 3. The molecule has 1 heterocycles. The van der Waals surface area contributed by atoms with E-state index in [-0.39, 0.29) is 23.2 Å². The van der Waals surface area contributed by atoms with E-state index < -0.39 is 11.6 Å². The number of benzene rings is 1. The molecular formula is C12H7F2N3O. The van der Waals surface area contributed by atoms with Crippen molar-refractivity contribution in [2.75, 3.05) is 0 Å². The fraction of sp³-hybridized carbons (Fsp3) is 0.250. The van der Waals surface area contributed by atoms with Gasteiger partial charge in [-0.3, -0.25) is 0 Å². The maximum Gasteiger partial charge on any atom is 0.231 e. The minimum Gasteiger partial charge on any atom is -0.339 e. The van der Waals surface area contributed by atoms with Crippen LogP contribution in [0.2, 0.25) is 0 Å². The summed E-state index contributed by atoms with van der Waals surface area (Å²) in [6.45, 7) is 0. The molecule has 0 radical (unpaired) electrons. The van der Waals surface area contributed by atoms with E-state index in [9.17, 15) is 8.78 Å². The van der Waals surface area contributed by atoms with Crippen molar-refractivity contribution in [3.05, 3.63) is 35.7 Å². The van der Waals surface area contributed by atoms with Gasteiger partial charge in [0.05, 0.1) is 17.9 Å². The molecule has 2 unspecified atom stereocenters. The third kappa shape index (κ3) is 1.84. The van der Waals surface area contributed by atoms with Gasteiger partial charge in [-0.2, -0.15) is 10.2 Å². The van der Waals surface area contributed by atoms with Crippen molar-refractivity contribution in [2.45, 2.75) is 12.3 Å². The number of rotatable bonds is 2. The molecule has 1 aliphatic rings. The zero-order valence-electron chi connectivity index (χ0n) is 9.10. The molecule has 0 N–H and O–H groups in total. The fourth-order valence-electron chi connectivity index (χ4n) is 1.80. The Bertz CT molecular complexity index is 627. The Morgan fingerprint density at radius 1 is 1.28 bits per heavy atom. The number of halogens is 2. The van der Waals surface area contributed by atoms with E-state index in [2.05, 4.69) is 16.2 Å². The van der Waals surface area contributed by atoms with Crippen LogP contribution in [0.15, 0.2) is 22.7 Å². The van der Waals surface area contributed by atoms with Crippen molar-refractivity contribution in [2.24, 2.45) is 5.92 Å². The summed E-state index contributed by atoms with van der Waals surface area (Å²) in [5, 5.41) is 12.4. The minimum atomic E-state index is -0.697. The van der Waals surface area contributed by atoms with Crippen LogP contribution in [0.1, 0.15) is 18.2 Å². The SMILES string of the molecule is N#CC1CC1c1nc(-c2cc(F)cc(F)c2)no1. The van der Waals surface area contributed by atoms with Crippen LogP contribution >= 0.6 is 0 Å². The molecule has 0 amide bonds. The summed E-state index contributed by atoms with van der Waals surface area (Å²) in [7, 11) is 0. The zero-order chi connectivity index (χ0) is 12.7. The second-order valence-corrected chi connectivity index (χ2v) is 4.19. The lowest BCUT2D eigenvalue weighted by molar-refractivity contribution is 0.378. The topological polar surface area (TPSA) is 62.7 Å². The van der Waals surface area contributed by atoms with Gasteiger partial charge in [0.15, 0.2) is 0 Å². The van der Waals surface area contributed by atoms with Gasteiger partial charge in [0.2, 0.25) is 11.7 Å². The highest BCUT2D eigenvalue weighted by Crippen LogP contribution is 2.46. The molecule has 1 aromatic heterocycles. The van der Waals surface area contributed by atoms with Crippen molar-refractivity contribution < 1.29 is 13.3 Å². The van der Waals surface area contributed by atoms with E-state index in [0.717, 1.165) is 18.2 Å². The lowest BCUT2D eigenvalue weighted by Crippen LogP contribution is -1.87. The van der Waals surface area contributed by atoms with Gasteiger partial charge in [-0.1, -0.05) is 5.16 Å². The van der Waals surface area contributed by atoms with Crippen LogP contribution in [0, 0.1) is 28.9 Å². The van der Waals surface area contributed by atoms with Crippen LogP contribution in [0.4, 0.5) is 8.78 Å².